The van der Waals surface area contributed by atoms with Crippen LogP contribution in [0.3, 0.4) is 0 Å². The number of aryl methyl sites for hydroxylation is 1. The zero-order chi connectivity index (χ0) is 24.1. The molecule has 0 aliphatic heterocycles. The van der Waals surface area contributed by atoms with Gasteiger partial charge >= 0.3 is 0 Å². The van der Waals surface area contributed by atoms with Gasteiger partial charge in [0.05, 0.1) is 40.0 Å². The van der Waals surface area contributed by atoms with Gasteiger partial charge in [-0.15, -0.1) is 0 Å². The normalized spacial score (nSPS) is 11.4. The maximum Gasteiger partial charge on any atom is 0.159 e. The SMILES string of the molecule is Cc1cc2[nH]nc(-c3nc4c(-c5ccncc5)cncc4[nH]3)c2c(F)c1-c1cncc(N(C)C)c1. The molecule has 0 atom stereocenters. The van der Waals surface area contributed by atoms with Crippen LogP contribution in [0.5, 0.6) is 0 Å². The number of anilines is 1. The number of benzene rings is 1. The fourth-order valence-corrected chi connectivity index (χ4v) is 4.39. The number of aromatic nitrogens is 7. The van der Waals surface area contributed by atoms with E-state index >= 15 is 4.39 Å². The van der Waals surface area contributed by atoms with E-state index in [1.54, 1.807) is 37.2 Å². The van der Waals surface area contributed by atoms with Gasteiger partial charge in [-0.25, -0.2) is 9.37 Å². The number of imidazole rings is 1. The molecule has 0 saturated heterocycles. The second-order valence-electron chi connectivity index (χ2n) is 8.61. The van der Waals surface area contributed by atoms with Gasteiger partial charge < -0.3 is 9.88 Å². The van der Waals surface area contributed by atoms with Gasteiger partial charge in [-0.2, -0.15) is 5.10 Å². The lowest BCUT2D eigenvalue weighted by molar-refractivity contribution is 0.642. The molecule has 0 radical (unpaired) electrons. The van der Waals surface area contributed by atoms with Gasteiger partial charge in [0, 0.05) is 55.6 Å². The van der Waals surface area contributed by atoms with E-state index in [4.69, 9.17) is 4.98 Å². The molecule has 5 aromatic heterocycles. The molecule has 0 aliphatic rings. The van der Waals surface area contributed by atoms with Crippen molar-refractivity contribution in [2.45, 2.75) is 6.92 Å². The summed E-state index contributed by atoms with van der Waals surface area (Å²) in [6, 6.07) is 7.63. The molecule has 6 aromatic rings. The molecule has 0 fully saturated rings. The summed E-state index contributed by atoms with van der Waals surface area (Å²) in [5.74, 6) is 0.0952. The summed E-state index contributed by atoms with van der Waals surface area (Å²) >= 11 is 0. The summed E-state index contributed by atoms with van der Waals surface area (Å²) in [5, 5.41) is 7.78. The third-order valence-corrected chi connectivity index (χ3v) is 6.13. The van der Waals surface area contributed by atoms with Gasteiger partial charge in [0.15, 0.2) is 5.82 Å². The van der Waals surface area contributed by atoms with Gasteiger partial charge in [-0.05, 0) is 42.3 Å². The van der Waals surface area contributed by atoms with Crippen LogP contribution in [0, 0.1) is 12.7 Å². The Kier molecular flexibility index (Phi) is 4.77. The first-order valence-corrected chi connectivity index (χ1v) is 11.1. The van der Waals surface area contributed by atoms with Crippen LogP contribution >= 0.6 is 0 Å². The molecule has 0 amide bonds. The standard InChI is InChI=1S/C26H21FN8/c1-14-8-19-22(23(27)21(14)16-9-17(35(2)3)11-29-10-16)25(34-33-19)26-31-20-13-30-12-18(24(20)32-26)15-4-6-28-7-5-15/h4-13H,1-3H3,(H,31,32)(H,33,34). The number of nitrogens with one attached hydrogen (secondary N) is 2. The lowest BCUT2D eigenvalue weighted by Gasteiger charge is -2.14. The maximum atomic E-state index is 16.2. The third kappa shape index (κ3) is 3.40. The molecule has 5 heterocycles. The first-order chi connectivity index (χ1) is 17.0. The molecule has 8 nitrogen and oxygen atoms in total. The van der Waals surface area contributed by atoms with Gasteiger partial charge in [0.25, 0.3) is 0 Å². The largest absolute Gasteiger partial charge is 0.376 e. The van der Waals surface area contributed by atoms with E-state index < -0.39 is 0 Å². The van der Waals surface area contributed by atoms with E-state index in [2.05, 4.69) is 30.1 Å². The Morgan fingerprint density at radius 2 is 1.69 bits per heavy atom. The van der Waals surface area contributed by atoms with E-state index in [1.807, 2.05) is 50.2 Å². The van der Waals surface area contributed by atoms with Crippen molar-refractivity contribution in [1.82, 2.24) is 35.1 Å². The van der Waals surface area contributed by atoms with Gasteiger partial charge in [0.1, 0.15) is 11.5 Å². The quantitative estimate of drug-likeness (QED) is 0.375. The van der Waals surface area contributed by atoms with E-state index in [-0.39, 0.29) is 5.82 Å². The molecule has 9 heteroatoms. The minimum absolute atomic E-state index is 0.366. The first-order valence-electron chi connectivity index (χ1n) is 11.1. The summed E-state index contributed by atoms with van der Waals surface area (Å²) in [4.78, 5) is 22.8. The maximum absolute atomic E-state index is 16.2. The molecule has 172 valence electrons. The Hall–Kier alpha value is -4.66. The Morgan fingerprint density at radius 3 is 2.49 bits per heavy atom. The number of fused-ring (bicyclic) bond motifs is 2. The highest BCUT2D eigenvalue weighted by Crippen LogP contribution is 2.37. The van der Waals surface area contributed by atoms with Crippen LogP contribution in [0.1, 0.15) is 5.56 Å². The summed E-state index contributed by atoms with van der Waals surface area (Å²) in [7, 11) is 3.86. The summed E-state index contributed by atoms with van der Waals surface area (Å²) < 4.78 is 16.2. The number of hydrogen-bond donors (Lipinski definition) is 2. The lowest BCUT2D eigenvalue weighted by Crippen LogP contribution is -2.09. The Morgan fingerprint density at radius 1 is 0.886 bits per heavy atom. The van der Waals surface area contributed by atoms with Crippen molar-refractivity contribution in [1.29, 1.82) is 0 Å². The van der Waals surface area contributed by atoms with Gasteiger partial charge in [-0.1, -0.05) is 0 Å². The third-order valence-electron chi connectivity index (χ3n) is 6.13. The van der Waals surface area contributed by atoms with Gasteiger partial charge in [-0.3, -0.25) is 20.1 Å². The molecule has 0 spiro atoms. The van der Waals surface area contributed by atoms with Crippen LogP contribution in [0.4, 0.5) is 10.1 Å². The minimum Gasteiger partial charge on any atom is -0.376 e. The van der Waals surface area contributed by atoms with Crippen molar-refractivity contribution in [3.05, 3.63) is 72.8 Å². The molecule has 6 rings (SSSR count). The molecular formula is C26H21FN8. The molecule has 1 aromatic carbocycles. The minimum atomic E-state index is -0.366. The molecule has 0 unspecified atom stereocenters. The van der Waals surface area contributed by atoms with Crippen molar-refractivity contribution in [2.24, 2.45) is 0 Å². The van der Waals surface area contributed by atoms with Crippen molar-refractivity contribution >= 4 is 27.6 Å². The smallest absolute Gasteiger partial charge is 0.159 e. The lowest BCUT2D eigenvalue weighted by atomic mass is 9.97. The zero-order valence-corrected chi connectivity index (χ0v) is 19.3. The number of rotatable bonds is 4. The van der Waals surface area contributed by atoms with Crippen molar-refractivity contribution < 1.29 is 4.39 Å². The molecule has 2 N–H and O–H groups in total. The topological polar surface area (TPSA) is 99.3 Å². The van der Waals surface area contributed by atoms with Crippen molar-refractivity contribution in [2.75, 3.05) is 19.0 Å². The summed E-state index contributed by atoms with van der Waals surface area (Å²) in [5.41, 5.74) is 7.15. The van der Waals surface area contributed by atoms with Crippen LogP contribution in [0.2, 0.25) is 0 Å². The molecule has 0 aliphatic carbocycles. The molecule has 35 heavy (non-hydrogen) atoms. The predicted molar refractivity (Wildman–Crippen MR) is 134 cm³/mol. The fourth-order valence-electron chi connectivity index (χ4n) is 4.39. The molecule has 0 saturated carbocycles. The van der Waals surface area contributed by atoms with E-state index in [0.717, 1.165) is 33.4 Å². The van der Waals surface area contributed by atoms with E-state index in [9.17, 15) is 0 Å². The van der Waals surface area contributed by atoms with Crippen LogP contribution in [0.25, 0.3) is 55.7 Å². The van der Waals surface area contributed by atoms with E-state index in [1.165, 1.54) is 0 Å². The predicted octanol–water partition coefficient (Wildman–Crippen LogP) is 5.14. The summed E-state index contributed by atoms with van der Waals surface area (Å²) in [6.45, 7) is 1.88. The number of hydrogen-bond acceptors (Lipinski definition) is 6. The second kappa shape index (κ2) is 7.98. The Bertz CT molecular complexity index is 1700. The summed E-state index contributed by atoms with van der Waals surface area (Å²) in [6.07, 6.45) is 10.3. The number of aromatic amines is 2. The fraction of sp³-hybridized carbons (Fsp3) is 0.115. The highest BCUT2D eigenvalue weighted by molar-refractivity contribution is 5.99. The van der Waals surface area contributed by atoms with Crippen LogP contribution in [-0.2, 0) is 0 Å². The van der Waals surface area contributed by atoms with Gasteiger partial charge in [0.2, 0.25) is 0 Å². The van der Waals surface area contributed by atoms with E-state index in [0.29, 0.717) is 33.5 Å². The van der Waals surface area contributed by atoms with Crippen molar-refractivity contribution in [3.8, 4) is 33.8 Å². The monoisotopic (exact) mass is 464 g/mol. The number of halogens is 1. The second-order valence-corrected chi connectivity index (χ2v) is 8.61. The number of pyridine rings is 3. The molecular weight excluding hydrogens is 443 g/mol. The highest BCUT2D eigenvalue weighted by atomic mass is 19.1. The average Bonchev–Trinajstić information content (AvgIpc) is 3.49. The Labute approximate surface area is 199 Å². The Balaban J connectivity index is 1.55. The average molecular weight is 465 g/mol. The number of H-pyrrole nitrogens is 2. The number of nitrogens with zero attached hydrogens (tertiary/aromatic N) is 6. The van der Waals surface area contributed by atoms with Crippen LogP contribution in [0.15, 0.2) is 61.4 Å². The van der Waals surface area contributed by atoms with Crippen LogP contribution in [-0.4, -0.2) is 49.2 Å². The highest BCUT2D eigenvalue weighted by Gasteiger charge is 2.22. The van der Waals surface area contributed by atoms with Crippen molar-refractivity contribution in [3.63, 3.8) is 0 Å². The molecule has 0 bridgehead atoms. The first kappa shape index (κ1) is 20.9. The zero-order valence-electron chi connectivity index (χ0n) is 19.3. The van der Waals surface area contributed by atoms with Crippen LogP contribution < -0.4 is 4.90 Å².